The molecule has 0 saturated carbocycles. The van der Waals surface area contributed by atoms with Crippen LogP contribution in [0, 0.1) is 55.3 Å². The van der Waals surface area contributed by atoms with Gasteiger partial charge in [0.15, 0.2) is 31.3 Å². The summed E-state index contributed by atoms with van der Waals surface area (Å²) < 4.78 is 3.93. The summed E-state index contributed by atoms with van der Waals surface area (Å²) >= 11 is 0. The quantitative estimate of drug-likeness (QED) is 0.561. The Morgan fingerprint density at radius 1 is 1.00 bits per heavy atom. The minimum Gasteiger partial charge on any atom is -0.477 e. The van der Waals surface area contributed by atoms with Crippen molar-refractivity contribution in [2.24, 2.45) is 5.92 Å². The van der Waals surface area contributed by atoms with Crippen LogP contribution < -0.4 is 9.13 Å². The average molecular weight is 480 g/mol. The Morgan fingerprint density at radius 3 is 1.96 bits per heavy atom. The number of nitrogens with zero attached hydrogens (tertiary/aromatic N) is 2. The van der Waals surface area contributed by atoms with Gasteiger partial charge < -0.3 is 5.11 Å². The summed E-state index contributed by atoms with van der Waals surface area (Å²) in [4.78, 5) is 10.7. The molecular weight excluding hydrogens is 452 g/mol. The van der Waals surface area contributed by atoms with Crippen LogP contribution in [0.2, 0.25) is 0 Å². The molecule has 0 bridgehead atoms. The number of carboxylic acids is 1. The molecule has 1 radical (unpaired) electrons. The van der Waals surface area contributed by atoms with Gasteiger partial charge in [-0.15, -0.1) is 0 Å². The van der Waals surface area contributed by atoms with Gasteiger partial charge in [0.2, 0.25) is 6.54 Å². The Balaban J connectivity index is 0.00000312. The van der Waals surface area contributed by atoms with Gasteiger partial charge in [-0.3, -0.25) is 0 Å². The Hall–Kier alpha value is -0.646. The Morgan fingerprint density at radius 2 is 1.52 bits per heavy atom. The van der Waals surface area contributed by atoms with Crippen LogP contribution in [-0.2, 0) is 17.9 Å². The Labute approximate surface area is 191 Å². The van der Waals surface area contributed by atoms with Gasteiger partial charge in [-0.1, -0.05) is 26.7 Å². The molecule has 5 heteroatoms. The number of unbranched alkanes of at least 4 members (excludes halogenated alkanes) is 1. The predicted molar refractivity (Wildman–Crippen MR) is 93.2 cm³/mol. The number of pyridine rings is 2. The predicted octanol–water partition coefficient (Wildman–Crippen LogP) is 3.23. The van der Waals surface area contributed by atoms with E-state index >= 15 is 0 Å². The molecule has 135 valence electrons. The van der Waals surface area contributed by atoms with Crippen LogP contribution in [0.3, 0.4) is 0 Å². The first-order chi connectivity index (χ1) is 11.6. The van der Waals surface area contributed by atoms with E-state index in [0.717, 1.165) is 23.6 Å². The molecule has 0 aliphatic heterocycles. The third-order valence-electron chi connectivity index (χ3n) is 4.45. The zero-order chi connectivity index (χ0) is 17.4. The third-order valence-corrected chi connectivity index (χ3v) is 4.45. The molecular formula is C20H28EuN2O2+2. The molecule has 1 unspecified atom stereocenters. The molecule has 1 N–H and O–H groups in total. The van der Waals surface area contributed by atoms with Gasteiger partial charge >= 0.3 is 5.97 Å². The number of aliphatic carboxylic acids is 1. The summed E-state index contributed by atoms with van der Waals surface area (Å²) in [7, 11) is 0. The van der Waals surface area contributed by atoms with Crippen LogP contribution in [0.25, 0.3) is 11.1 Å². The van der Waals surface area contributed by atoms with Crippen LogP contribution in [0.1, 0.15) is 39.5 Å². The molecule has 0 aliphatic carbocycles. The molecule has 0 fully saturated rings. The van der Waals surface area contributed by atoms with Crippen molar-refractivity contribution in [2.75, 3.05) is 0 Å². The zero-order valence-electron chi connectivity index (χ0n) is 15.1. The Bertz CT molecular complexity index is 642. The van der Waals surface area contributed by atoms with Gasteiger partial charge in [0.1, 0.15) is 0 Å². The van der Waals surface area contributed by atoms with Gasteiger partial charge in [0, 0.05) is 79.6 Å². The molecule has 0 aliphatic rings. The second kappa shape index (κ2) is 11.9. The second-order valence-electron chi connectivity index (χ2n) is 6.35. The maximum absolute atomic E-state index is 10.7. The summed E-state index contributed by atoms with van der Waals surface area (Å²) in [6.07, 6.45) is 13.0. The van der Waals surface area contributed by atoms with E-state index in [0.29, 0.717) is 0 Å². The summed E-state index contributed by atoms with van der Waals surface area (Å²) in [6, 6.07) is 8.17. The molecule has 2 aromatic rings. The maximum atomic E-state index is 10.7. The van der Waals surface area contributed by atoms with Crippen molar-refractivity contribution < 1.29 is 68.4 Å². The second-order valence-corrected chi connectivity index (χ2v) is 6.35. The molecule has 0 spiro atoms. The van der Waals surface area contributed by atoms with E-state index in [1.165, 1.54) is 25.7 Å². The van der Waals surface area contributed by atoms with E-state index in [2.05, 4.69) is 42.9 Å². The van der Waals surface area contributed by atoms with Crippen molar-refractivity contribution in [3.63, 3.8) is 0 Å². The van der Waals surface area contributed by atoms with Gasteiger partial charge in [-0.25, -0.2) is 9.36 Å². The van der Waals surface area contributed by atoms with E-state index in [1.54, 1.807) is 4.57 Å². The normalized spacial score (nSPS) is 11.6. The summed E-state index contributed by atoms with van der Waals surface area (Å²) in [5, 5.41) is 8.81. The number of aromatic nitrogens is 2. The summed E-state index contributed by atoms with van der Waals surface area (Å²) in [5.74, 6) is -0.0884. The first-order valence-corrected chi connectivity index (χ1v) is 8.82. The SMILES string of the molecule is CCCCC(CC)C[n+]1ccc(-c2cc[n+](CC(=O)O)cc2)cc1.[Eu]. The first kappa shape index (κ1) is 22.4. The topological polar surface area (TPSA) is 45.1 Å². The van der Waals surface area contributed by atoms with Crippen molar-refractivity contribution >= 4 is 5.97 Å². The van der Waals surface area contributed by atoms with E-state index in [9.17, 15) is 4.79 Å². The van der Waals surface area contributed by atoms with Gasteiger partial charge in [0.25, 0.3) is 0 Å². The number of rotatable bonds is 9. The van der Waals surface area contributed by atoms with Crippen molar-refractivity contribution in [1.82, 2.24) is 0 Å². The standard InChI is InChI=1S/C20H27N2O2.Eu/c1-3-5-6-17(4-2)15-21-11-7-18(8-12-21)19-9-13-22(14-10-19)16-20(23)24;/h7-14,17H,3-6,15-16H2,1-2H3;/q+1;/p+1. The third kappa shape index (κ3) is 7.63. The minimum absolute atomic E-state index is 0. The van der Waals surface area contributed by atoms with Crippen LogP contribution in [0.4, 0.5) is 0 Å². The zero-order valence-corrected chi connectivity index (χ0v) is 17.5. The minimum atomic E-state index is -0.831. The molecule has 2 rings (SSSR count). The molecule has 0 amide bonds. The van der Waals surface area contributed by atoms with Crippen molar-refractivity contribution in [3.8, 4) is 11.1 Å². The summed E-state index contributed by atoms with van der Waals surface area (Å²) in [5.41, 5.74) is 2.25. The molecule has 25 heavy (non-hydrogen) atoms. The smallest absolute Gasteiger partial charge is 0.370 e. The van der Waals surface area contributed by atoms with E-state index in [4.69, 9.17) is 5.11 Å². The molecule has 0 saturated heterocycles. The Kier molecular flexibility index (Phi) is 10.6. The fourth-order valence-corrected chi connectivity index (χ4v) is 2.90. The number of carboxylic acid groups (broad SMARTS) is 1. The fourth-order valence-electron chi connectivity index (χ4n) is 2.90. The molecule has 2 heterocycles. The van der Waals surface area contributed by atoms with Crippen molar-refractivity contribution in [2.45, 2.75) is 52.6 Å². The van der Waals surface area contributed by atoms with Gasteiger partial charge in [-0.05, 0) is 24.0 Å². The van der Waals surface area contributed by atoms with Crippen LogP contribution in [0.15, 0.2) is 49.1 Å². The molecule has 4 nitrogen and oxygen atoms in total. The van der Waals surface area contributed by atoms with Crippen molar-refractivity contribution in [3.05, 3.63) is 49.1 Å². The van der Waals surface area contributed by atoms with Gasteiger partial charge in [0.05, 0.1) is 0 Å². The van der Waals surface area contributed by atoms with E-state index < -0.39 is 5.97 Å². The molecule has 0 aromatic carbocycles. The number of hydrogen-bond acceptors (Lipinski definition) is 1. The number of carbonyl (C=O) groups is 1. The summed E-state index contributed by atoms with van der Waals surface area (Å²) in [6.45, 7) is 5.58. The maximum Gasteiger partial charge on any atom is 0.370 e. The van der Waals surface area contributed by atoms with Crippen molar-refractivity contribution in [1.29, 1.82) is 0 Å². The average Bonchev–Trinajstić information content (AvgIpc) is 2.59. The molecule has 2 aromatic heterocycles. The van der Waals surface area contributed by atoms with Gasteiger partial charge in [-0.2, -0.15) is 4.57 Å². The molecule has 1 atom stereocenters. The fraction of sp³-hybridized carbons (Fsp3) is 0.450. The monoisotopic (exact) mass is 481 g/mol. The largest absolute Gasteiger partial charge is 0.477 e. The van der Waals surface area contributed by atoms with E-state index in [1.807, 2.05) is 24.5 Å². The van der Waals surface area contributed by atoms with Crippen LogP contribution >= 0.6 is 0 Å². The first-order valence-electron chi connectivity index (χ1n) is 8.82. The number of hydrogen-bond donors (Lipinski definition) is 1. The van der Waals surface area contributed by atoms with Crippen LogP contribution in [0.5, 0.6) is 0 Å². The van der Waals surface area contributed by atoms with Crippen LogP contribution in [-0.4, -0.2) is 11.1 Å². The van der Waals surface area contributed by atoms with E-state index in [-0.39, 0.29) is 55.9 Å².